The number of imidazole rings is 1. The van der Waals surface area contributed by atoms with Crippen molar-refractivity contribution in [3.8, 4) is 0 Å². The van der Waals surface area contributed by atoms with Crippen molar-refractivity contribution in [3.05, 3.63) is 11.9 Å². The Kier molecular flexibility index (Phi) is 4.37. The van der Waals surface area contributed by atoms with E-state index in [2.05, 4.69) is 53.6 Å². The highest BCUT2D eigenvalue weighted by atomic mass is 32.2. The van der Waals surface area contributed by atoms with Gasteiger partial charge in [-0.15, -0.1) is 0 Å². The molecule has 2 rings (SSSR count). The number of anilines is 1. The maximum atomic E-state index is 4.57. The molecular formula is C13H23N3S. The zero-order chi connectivity index (χ0) is 12.3. The number of nitrogens with one attached hydrogen (secondary N) is 1. The maximum absolute atomic E-state index is 4.57. The molecule has 17 heavy (non-hydrogen) atoms. The summed E-state index contributed by atoms with van der Waals surface area (Å²) in [5.41, 5.74) is 1.10. The van der Waals surface area contributed by atoms with Crippen molar-refractivity contribution < 1.29 is 0 Å². The third-order valence-corrected chi connectivity index (χ3v) is 4.37. The van der Waals surface area contributed by atoms with E-state index in [0.717, 1.165) is 30.0 Å². The number of aromatic nitrogens is 2. The summed E-state index contributed by atoms with van der Waals surface area (Å²) < 4.78 is 2.25. The van der Waals surface area contributed by atoms with E-state index in [1.165, 1.54) is 18.6 Å². The van der Waals surface area contributed by atoms with E-state index in [9.17, 15) is 0 Å². The molecule has 3 nitrogen and oxygen atoms in total. The fourth-order valence-corrected chi connectivity index (χ4v) is 3.43. The van der Waals surface area contributed by atoms with Crippen LogP contribution in [-0.4, -0.2) is 27.1 Å². The Bertz CT molecular complexity index is 354. The number of hydrogen-bond acceptors (Lipinski definition) is 3. The monoisotopic (exact) mass is 253 g/mol. The smallest absolute Gasteiger partial charge is 0.203 e. The minimum atomic E-state index is 0.657. The van der Waals surface area contributed by atoms with Crippen LogP contribution in [0.5, 0.6) is 0 Å². The van der Waals surface area contributed by atoms with Gasteiger partial charge in [-0.25, -0.2) is 4.98 Å². The Morgan fingerprint density at radius 1 is 1.59 bits per heavy atom. The molecule has 1 atom stereocenters. The Morgan fingerprint density at radius 2 is 2.41 bits per heavy atom. The number of rotatable bonds is 5. The van der Waals surface area contributed by atoms with Crippen molar-refractivity contribution in [3.63, 3.8) is 0 Å². The molecule has 1 aliphatic rings. The van der Waals surface area contributed by atoms with Gasteiger partial charge in [-0.1, -0.05) is 13.8 Å². The van der Waals surface area contributed by atoms with Gasteiger partial charge in [-0.2, -0.15) is 11.8 Å². The first-order chi connectivity index (χ1) is 8.15. The van der Waals surface area contributed by atoms with Gasteiger partial charge in [-0.3, -0.25) is 0 Å². The maximum Gasteiger partial charge on any atom is 0.203 e. The number of hydrogen-bond donors (Lipinski definition) is 1. The van der Waals surface area contributed by atoms with E-state index in [1.54, 1.807) is 0 Å². The molecule has 1 N–H and O–H groups in total. The van der Waals surface area contributed by atoms with Gasteiger partial charge in [0.25, 0.3) is 0 Å². The van der Waals surface area contributed by atoms with E-state index in [-0.39, 0.29) is 0 Å². The first-order valence-electron chi connectivity index (χ1n) is 6.54. The average Bonchev–Trinajstić information content (AvgIpc) is 2.84. The van der Waals surface area contributed by atoms with Gasteiger partial charge in [0.05, 0.1) is 5.69 Å². The summed E-state index contributed by atoms with van der Waals surface area (Å²) in [6.07, 6.45) is 4.86. The summed E-state index contributed by atoms with van der Waals surface area (Å²) in [5, 5.41) is 4.29. The molecule has 0 amide bonds. The summed E-state index contributed by atoms with van der Waals surface area (Å²) in [4.78, 5) is 4.57. The normalized spacial score (nSPS) is 20.1. The van der Waals surface area contributed by atoms with Crippen molar-refractivity contribution in [2.75, 3.05) is 17.6 Å². The second-order valence-electron chi connectivity index (χ2n) is 5.27. The quantitative estimate of drug-likeness (QED) is 0.874. The van der Waals surface area contributed by atoms with E-state index in [1.807, 2.05) is 0 Å². The van der Waals surface area contributed by atoms with E-state index >= 15 is 0 Å². The second-order valence-corrected chi connectivity index (χ2v) is 6.68. The molecule has 1 unspecified atom stereocenters. The van der Waals surface area contributed by atoms with E-state index in [0.29, 0.717) is 5.92 Å². The van der Waals surface area contributed by atoms with Crippen LogP contribution in [0.15, 0.2) is 6.20 Å². The molecule has 1 fully saturated rings. The molecule has 1 aromatic rings. The largest absolute Gasteiger partial charge is 0.355 e. The topological polar surface area (TPSA) is 29.9 Å². The van der Waals surface area contributed by atoms with Crippen LogP contribution >= 0.6 is 11.8 Å². The first kappa shape index (κ1) is 12.8. The van der Waals surface area contributed by atoms with Crippen LogP contribution in [0.2, 0.25) is 0 Å². The number of aryl methyl sites for hydroxylation is 1. The van der Waals surface area contributed by atoms with Gasteiger partial charge in [0, 0.05) is 24.5 Å². The van der Waals surface area contributed by atoms with Crippen molar-refractivity contribution in [2.24, 2.45) is 5.92 Å². The third-order valence-electron chi connectivity index (χ3n) is 2.97. The van der Waals surface area contributed by atoms with Crippen LogP contribution in [0.1, 0.15) is 32.4 Å². The zero-order valence-electron chi connectivity index (χ0n) is 11.1. The predicted octanol–water partition coefficient (Wildman–Crippen LogP) is 3.16. The van der Waals surface area contributed by atoms with Gasteiger partial charge in [0.1, 0.15) is 0 Å². The minimum Gasteiger partial charge on any atom is -0.355 e. The van der Waals surface area contributed by atoms with Gasteiger partial charge in [0.2, 0.25) is 5.95 Å². The van der Waals surface area contributed by atoms with Gasteiger partial charge < -0.3 is 9.88 Å². The Labute approximate surface area is 108 Å². The molecule has 2 heterocycles. The SMILES string of the molecule is Cc1cn(CC(C)C)c(NCC2CCCS2)n1. The van der Waals surface area contributed by atoms with Gasteiger partial charge in [-0.05, 0) is 31.4 Å². The van der Waals surface area contributed by atoms with E-state index < -0.39 is 0 Å². The van der Waals surface area contributed by atoms with Crippen molar-refractivity contribution in [1.29, 1.82) is 0 Å². The molecule has 1 saturated heterocycles. The molecule has 0 aromatic carbocycles. The molecule has 1 aliphatic heterocycles. The molecule has 0 radical (unpaired) electrons. The van der Waals surface area contributed by atoms with Crippen LogP contribution in [0, 0.1) is 12.8 Å². The summed E-state index contributed by atoms with van der Waals surface area (Å²) in [6.45, 7) is 8.64. The van der Waals surface area contributed by atoms with Crippen molar-refractivity contribution in [1.82, 2.24) is 9.55 Å². The van der Waals surface area contributed by atoms with Crippen LogP contribution in [0.25, 0.3) is 0 Å². The molecule has 0 spiro atoms. The lowest BCUT2D eigenvalue weighted by Gasteiger charge is -2.14. The molecule has 1 aromatic heterocycles. The molecular weight excluding hydrogens is 230 g/mol. The van der Waals surface area contributed by atoms with Gasteiger partial charge in [0.15, 0.2) is 0 Å². The summed E-state index contributed by atoms with van der Waals surface area (Å²) >= 11 is 2.09. The second kappa shape index (κ2) is 5.80. The standard InChI is InChI=1S/C13H23N3S/c1-10(2)8-16-9-11(3)15-13(16)14-7-12-5-4-6-17-12/h9-10,12H,4-8H2,1-3H3,(H,14,15). The highest BCUT2D eigenvalue weighted by Gasteiger charge is 2.16. The summed E-state index contributed by atoms with van der Waals surface area (Å²) in [6, 6.07) is 0. The highest BCUT2D eigenvalue weighted by molar-refractivity contribution is 8.00. The molecule has 0 bridgehead atoms. The summed E-state index contributed by atoms with van der Waals surface area (Å²) in [5.74, 6) is 3.03. The number of nitrogens with zero attached hydrogens (tertiary/aromatic N) is 2. The molecule has 0 saturated carbocycles. The predicted molar refractivity (Wildman–Crippen MR) is 75.8 cm³/mol. The first-order valence-corrected chi connectivity index (χ1v) is 7.59. The molecule has 4 heteroatoms. The Balaban J connectivity index is 1.93. The lowest BCUT2D eigenvalue weighted by Crippen LogP contribution is -2.17. The summed E-state index contributed by atoms with van der Waals surface area (Å²) in [7, 11) is 0. The van der Waals surface area contributed by atoms with E-state index in [4.69, 9.17) is 0 Å². The lowest BCUT2D eigenvalue weighted by atomic mass is 10.2. The average molecular weight is 253 g/mol. The fourth-order valence-electron chi connectivity index (χ4n) is 2.23. The Hall–Kier alpha value is -0.640. The van der Waals surface area contributed by atoms with Gasteiger partial charge >= 0.3 is 0 Å². The Morgan fingerprint density at radius 3 is 3.06 bits per heavy atom. The van der Waals surface area contributed by atoms with Crippen molar-refractivity contribution >= 4 is 17.7 Å². The highest BCUT2D eigenvalue weighted by Crippen LogP contribution is 2.26. The lowest BCUT2D eigenvalue weighted by molar-refractivity contribution is 0.526. The number of thioether (sulfide) groups is 1. The fraction of sp³-hybridized carbons (Fsp3) is 0.769. The molecule has 96 valence electrons. The molecule has 0 aliphatic carbocycles. The third kappa shape index (κ3) is 3.66. The van der Waals surface area contributed by atoms with Crippen LogP contribution < -0.4 is 5.32 Å². The minimum absolute atomic E-state index is 0.657. The van der Waals surface area contributed by atoms with Crippen LogP contribution in [-0.2, 0) is 6.54 Å². The zero-order valence-corrected chi connectivity index (χ0v) is 11.9. The van der Waals surface area contributed by atoms with Crippen molar-refractivity contribution in [2.45, 2.75) is 45.4 Å². The van der Waals surface area contributed by atoms with Crippen LogP contribution in [0.4, 0.5) is 5.95 Å². The van der Waals surface area contributed by atoms with Crippen LogP contribution in [0.3, 0.4) is 0 Å².